The second-order valence-electron chi connectivity index (χ2n) is 37.3. The molecule has 4 unspecified atom stereocenters. The van der Waals surface area contributed by atoms with Crippen LogP contribution in [-0.2, 0) is 25.7 Å². The number of nitriles is 4. The molecule has 4 fully saturated rings. The maximum Gasteiger partial charge on any atom is 0.137 e. The van der Waals surface area contributed by atoms with Crippen molar-refractivity contribution in [3.8, 4) is 131 Å². The summed E-state index contributed by atoms with van der Waals surface area (Å²) >= 11 is 6.81. The van der Waals surface area contributed by atoms with Gasteiger partial charge in [-0.05, 0) is 322 Å². The number of likely N-dealkylation sites (tertiary alicyclic amines) is 4. The molecule has 20 rings (SSSR count). The molecule has 8 aliphatic rings. The molecule has 16 nitrogen and oxygen atoms in total. The van der Waals surface area contributed by atoms with Gasteiger partial charge in [-0.15, -0.1) is 45.3 Å². The van der Waals surface area contributed by atoms with Gasteiger partial charge < -0.3 is 18.9 Å². The van der Waals surface area contributed by atoms with Crippen LogP contribution in [0.25, 0.3) is 84.0 Å². The Morgan fingerprint density at radius 2 is 0.523 bits per heavy atom. The Morgan fingerprint density at radius 1 is 0.305 bits per heavy atom. The summed E-state index contributed by atoms with van der Waals surface area (Å²) in [6.07, 6.45) is 22.8. The van der Waals surface area contributed by atoms with Gasteiger partial charge in [0.2, 0.25) is 0 Å². The van der Waals surface area contributed by atoms with Gasteiger partial charge in [-0.3, -0.25) is 19.6 Å². The van der Waals surface area contributed by atoms with Gasteiger partial charge in [-0.25, -0.2) is 19.9 Å². The number of thiazole rings is 4. The van der Waals surface area contributed by atoms with E-state index in [-0.39, 0.29) is 24.4 Å². The second-order valence-corrected chi connectivity index (χ2v) is 41.5. The van der Waals surface area contributed by atoms with E-state index in [0.717, 1.165) is 91.6 Å². The number of benzene rings is 8. The highest BCUT2D eigenvalue weighted by Crippen LogP contribution is 2.51. The fraction of sp³-hybridized carbons (Fsp3) is 0.407. The largest absolute Gasteiger partial charge is 0.490 e. The van der Waals surface area contributed by atoms with Crippen molar-refractivity contribution in [1.29, 1.82) is 21.0 Å². The molecule has 0 N–H and O–H groups in total. The Morgan fingerprint density at radius 3 is 0.711 bits per heavy atom. The fourth-order valence-electron chi connectivity index (χ4n) is 20.5. The van der Waals surface area contributed by atoms with Gasteiger partial charge in [0.15, 0.2) is 0 Å². The second kappa shape index (κ2) is 39.7. The predicted octanol–water partition coefficient (Wildman–Crippen LogP) is 25.9. The van der Waals surface area contributed by atoms with E-state index < -0.39 is 0 Å². The first-order chi connectivity index (χ1) is 62.1. The van der Waals surface area contributed by atoms with E-state index in [1.807, 2.05) is 153 Å². The van der Waals surface area contributed by atoms with Gasteiger partial charge in [0.25, 0.3) is 0 Å². The number of aromatic nitrogens is 4. The Hall–Kier alpha value is -10.7. The highest BCUT2D eigenvalue weighted by molar-refractivity contribution is 7.19. The third-order valence-corrected chi connectivity index (χ3v) is 30.8. The van der Waals surface area contributed by atoms with Crippen LogP contribution in [0.5, 0.6) is 23.0 Å². The van der Waals surface area contributed by atoms with Crippen LogP contribution in [0.1, 0.15) is 225 Å². The summed E-state index contributed by atoms with van der Waals surface area (Å²) in [7, 11) is 0. The summed E-state index contributed by atoms with van der Waals surface area (Å²) in [5.41, 5.74) is 23.3. The molecule has 0 radical (unpaired) electrons. The molecule has 12 aromatic rings. The summed E-state index contributed by atoms with van der Waals surface area (Å²) in [5.74, 6) is 5.75. The molecular formula is C108H116N12O4S4. The van der Waals surface area contributed by atoms with Crippen molar-refractivity contribution >= 4 is 45.3 Å². The van der Waals surface area contributed by atoms with Crippen LogP contribution in [0.3, 0.4) is 0 Å². The lowest BCUT2D eigenvalue weighted by atomic mass is 10.0. The third-order valence-electron chi connectivity index (χ3n) is 26.5. The van der Waals surface area contributed by atoms with Crippen LogP contribution in [0.15, 0.2) is 170 Å². The Bertz CT molecular complexity index is 5440. The maximum absolute atomic E-state index is 9.57. The van der Waals surface area contributed by atoms with Crippen LogP contribution in [0, 0.1) is 69.0 Å². The molecule has 8 aromatic carbocycles. The molecule has 0 spiro atoms. The molecule has 0 bridgehead atoms. The Kier molecular flexibility index (Phi) is 27.7. The topological polar surface area (TPSA) is 197 Å². The van der Waals surface area contributed by atoms with E-state index in [2.05, 4.69) is 144 Å². The SMILES string of the molecule is CC(C)Oc1ccc(-c2ncc(-c3cccc4c3CCC4N3CC[C@@H](C)C3)s2)cc1C#N.CC(C)Oc1ccc(-c2ncc(-c3cccc4c3CCC4N3CC[C@@H](C)C3)s2)cc1C#N.CC(C)Oc1ccc(-c2ncc(-c3cccc4c3CCC4N3CC[C@H](C)C3)s2)cc1C#N.CC(C)Oc1ccc(-c2ncc(-c3cccc4c3CCC4N3CC[C@H](C)C3)s2)cc1C#N. The molecule has 8 atom stereocenters. The van der Waals surface area contributed by atoms with Gasteiger partial charge in [0, 0.05) is 97.4 Å². The molecule has 656 valence electrons. The fourth-order valence-corrected chi connectivity index (χ4v) is 24.4. The molecule has 20 heteroatoms. The summed E-state index contributed by atoms with van der Waals surface area (Å²) in [4.78, 5) is 34.4. The van der Waals surface area contributed by atoms with E-state index in [9.17, 15) is 21.0 Å². The zero-order valence-corrected chi connectivity index (χ0v) is 79.1. The monoisotopic (exact) mass is 1770 g/mol. The van der Waals surface area contributed by atoms with Crippen LogP contribution < -0.4 is 18.9 Å². The highest BCUT2D eigenvalue weighted by Gasteiger charge is 2.39. The lowest BCUT2D eigenvalue weighted by Gasteiger charge is -2.24. The van der Waals surface area contributed by atoms with E-state index in [1.54, 1.807) is 45.3 Å². The molecule has 0 amide bonds. The number of hydrogen-bond acceptors (Lipinski definition) is 20. The molecule has 128 heavy (non-hydrogen) atoms. The summed E-state index contributed by atoms with van der Waals surface area (Å²) < 4.78 is 23.1. The minimum absolute atomic E-state index is 0.0344. The van der Waals surface area contributed by atoms with Crippen LogP contribution >= 0.6 is 45.3 Å². The van der Waals surface area contributed by atoms with Gasteiger partial charge in [0.1, 0.15) is 67.3 Å². The van der Waals surface area contributed by atoms with Gasteiger partial charge in [0.05, 0.1) is 66.2 Å². The van der Waals surface area contributed by atoms with E-state index in [1.165, 1.54) is 190 Å². The van der Waals surface area contributed by atoms with Crippen molar-refractivity contribution in [2.75, 3.05) is 52.4 Å². The van der Waals surface area contributed by atoms with Crippen LogP contribution in [0.2, 0.25) is 0 Å². The quantitative estimate of drug-likeness (QED) is 0.0698. The molecule has 0 saturated carbocycles. The summed E-state index contributed by atoms with van der Waals surface area (Å²) in [6.45, 7) is 35.0. The van der Waals surface area contributed by atoms with Crippen LogP contribution in [0.4, 0.5) is 0 Å². The Labute approximate surface area is 772 Å². The first-order valence-corrected chi connectivity index (χ1v) is 49.5. The first-order valence-electron chi connectivity index (χ1n) is 46.3. The zero-order valence-electron chi connectivity index (χ0n) is 75.9. The summed E-state index contributed by atoms with van der Waals surface area (Å²) in [6, 6.07) is 61.5. The summed E-state index contributed by atoms with van der Waals surface area (Å²) in [5, 5.41) is 42.0. The molecular weight excluding hydrogens is 1660 g/mol. The smallest absolute Gasteiger partial charge is 0.137 e. The average Bonchev–Trinajstić information content (AvgIpc) is 1.63. The minimum Gasteiger partial charge on any atom is -0.490 e. The average molecular weight is 1770 g/mol. The van der Waals surface area contributed by atoms with Gasteiger partial charge in [-0.1, -0.05) is 100 Å². The lowest BCUT2D eigenvalue weighted by molar-refractivity contribution is 0.238. The van der Waals surface area contributed by atoms with Crippen molar-refractivity contribution in [3.63, 3.8) is 0 Å². The highest BCUT2D eigenvalue weighted by atomic mass is 32.1. The van der Waals surface area contributed by atoms with Crippen LogP contribution in [-0.4, -0.2) is 116 Å². The van der Waals surface area contributed by atoms with Crippen molar-refractivity contribution in [2.45, 2.75) is 209 Å². The third kappa shape index (κ3) is 19.6. The predicted molar refractivity (Wildman–Crippen MR) is 520 cm³/mol. The van der Waals surface area contributed by atoms with Crippen molar-refractivity contribution < 1.29 is 18.9 Å². The standard InChI is InChI=1S/4C27H29N3OS/c4*1-17(2)31-25-10-7-19(13-20(25)14-28)27-29-15-26(32-27)23-6-4-5-22-21(23)8-9-24(22)30-12-11-18(3)16-30/h4*4-7,10,13,15,17-18,24H,8-9,11-12,16H2,1-3H3/t4*18-,24?/m1100/s1. The molecule has 4 saturated heterocycles. The van der Waals surface area contributed by atoms with Crippen molar-refractivity contribution in [1.82, 2.24) is 39.5 Å². The number of nitrogens with zero attached hydrogens (tertiary/aromatic N) is 12. The maximum atomic E-state index is 9.57. The zero-order chi connectivity index (χ0) is 89.0. The van der Waals surface area contributed by atoms with E-state index in [4.69, 9.17) is 38.9 Å². The number of fused-ring (bicyclic) bond motifs is 4. The molecule has 4 aliphatic carbocycles. The molecule has 8 heterocycles. The van der Waals surface area contributed by atoms with Gasteiger partial charge in [-0.2, -0.15) is 21.0 Å². The van der Waals surface area contributed by atoms with Gasteiger partial charge >= 0.3 is 0 Å². The number of ether oxygens (including phenoxy) is 4. The normalized spacial score (nSPS) is 20.5. The first kappa shape index (κ1) is 89.3. The van der Waals surface area contributed by atoms with Crippen molar-refractivity contribution in [3.05, 3.63) is 237 Å². The van der Waals surface area contributed by atoms with E-state index >= 15 is 0 Å². The number of rotatable bonds is 20. The van der Waals surface area contributed by atoms with E-state index in [0.29, 0.717) is 69.4 Å². The molecule has 4 aliphatic heterocycles. The lowest BCUT2D eigenvalue weighted by Crippen LogP contribution is -2.24. The number of hydrogen-bond donors (Lipinski definition) is 0. The minimum atomic E-state index is 0.0344. The van der Waals surface area contributed by atoms with Crippen molar-refractivity contribution in [2.24, 2.45) is 23.7 Å². The Balaban J connectivity index is 0.000000120. The molecule has 4 aromatic heterocycles.